The zero-order valence-corrected chi connectivity index (χ0v) is 14.3. The maximum absolute atomic E-state index is 12.7. The first-order chi connectivity index (χ1) is 11.0. The molecule has 0 bridgehead atoms. The van der Waals surface area contributed by atoms with Crippen LogP contribution in [0.3, 0.4) is 0 Å². The minimum atomic E-state index is -4.54. The van der Waals surface area contributed by atoms with Crippen LogP contribution in [0.25, 0.3) is 11.3 Å². The summed E-state index contributed by atoms with van der Waals surface area (Å²) in [5, 5.41) is 3.75. The van der Waals surface area contributed by atoms with E-state index < -0.39 is 27.6 Å². The third-order valence-electron chi connectivity index (χ3n) is 2.96. The van der Waals surface area contributed by atoms with E-state index in [1.165, 1.54) is 12.1 Å². The highest BCUT2D eigenvalue weighted by Crippen LogP contribution is 2.30. The highest BCUT2D eigenvalue weighted by atomic mass is 32.2. The molecule has 24 heavy (non-hydrogen) atoms. The third kappa shape index (κ3) is 4.28. The van der Waals surface area contributed by atoms with Gasteiger partial charge in [-0.2, -0.15) is 17.6 Å². The topological polar surface area (TPSA) is 68.3 Å². The Morgan fingerprint density at radius 1 is 1.25 bits per heavy atom. The van der Waals surface area contributed by atoms with E-state index in [9.17, 15) is 17.4 Å². The lowest BCUT2D eigenvalue weighted by Crippen LogP contribution is -2.20. The fourth-order valence-corrected chi connectivity index (χ4v) is 2.25. The van der Waals surface area contributed by atoms with Gasteiger partial charge in [-0.15, -0.1) is 0 Å². The number of hydrogen-bond acceptors (Lipinski definition) is 4. The van der Waals surface area contributed by atoms with Crippen molar-refractivity contribution in [3.05, 3.63) is 35.9 Å². The van der Waals surface area contributed by atoms with Crippen molar-refractivity contribution in [1.82, 2.24) is 10.1 Å². The van der Waals surface area contributed by atoms with Crippen LogP contribution < -0.4 is 0 Å². The largest absolute Gasteiger partial charge is 0.433 e. The molecule has 9 heteroatoms. The van der Waals surface area contributed by atoms with Crippen molar-refractivity contribution >= 4 is 16.7 Å². The van der Waals surface area contributed by atoms with Gasteiger partial charge >= 0.3 is 6.18 Å². The second-order valence-electron chi connectivity index (χ2n) is 6.04. The smallest absolute Gasteiger partial charge is 0.354 e. The van der Waals surface area contributed by atoms with Crippen molar-refractivity contribution in [2.24, 2.45) is 4.40 Å². The lowest BCUT2D eigenvalue weighted by Gasteiger charge is -2.13. The molecular formula is C15H16F3N3O2S. The van der Waals surface area contributed by atoms with Crippen molar-refractivity contribution in [1.29, 1.82) is 0 Å². The maximum atomic E-state index is 12.7. The Bertz CT molecular complexity index is 792. The van der Waals surface area contributed by atoms with Crippen LogP contribution in [0.5, 0.6) is 0 Å². The summed E-state index contributed by atoms with van der Waals surface area (Å²) in [6.07, 6.45) is -3.48. The van der Waals surface area contributed by atoms with Crippen LogP contribution in [0.2, 0.25) is 0 Å². The maximum Gasteiger partial charge on any atom is 0.433 e. The van der Waals surface area contributed by atoms with Crippen LogP contribution in [0, 0.1) is 0 Å². The number of alkyl halides is 3. The standard InChI is InChI=1S/C15H16F3N3O2S/c1-9(21-24(22)14(2,3)4)12-8-11(20-23-12)10-5-6-19-13(7-10)15(16,17)18/h5-8H,1-4H3/t24-/m1/s1. The summed E-state index contributed by atoms with van der Waals surface area (Å²) in [6, 6.07) is 3.74. The highest BCUT2D eigenvalue weighted by molar-refractivity contribution is 7.85. The van der Waals surface area contributed by atoms with Crippen molar-refractivity contribution < 1.29 is 21.9 Å². The van der Waals surface area contributed by atoms with Gasteiger partial charge in [-0.1, -0.05) is 5.16 Å². The molecule has 0 N–H and O–H groups in total. The second-order valence-corrected chi connectivity index (χ2v) is 7.95. The third-order valence-corrected chi connectivity index (χ3v) is 4.44. The summed E-state index contributed by atoms with van der Waals surface area (Å²) < 4.78 is 58.8. The molecule has 0 aliphatic carbocycles. The van der Waals surface area contributed by atoms with Crippen LogP contribution >= 0.6 is 0 Å². The lowest BCUT2D eigenvalue weighted by molar-refractivity contribution is -0.141. The monoisotopic (exact) mass is 359 g/mol. The van der Waals surface area contributed by atoms with E-state index >= 15 is 0 Å². The SMILES string of the molecule is CC(=N[S@](=O)C(C)(C)C)c1cc(-c2ccnc(C(F)(F)F)c2)no1. The van der Waals surface area contributed by atoms with Gasteiger partial charge in [-0.25, -0.2) is 4.21 Å². The predicted molar refractivity (Wildman–Crippen MR) is 84.8 cm³/mol. The lowest BCUT2D eigenvalue weighted by atomic mass is 10.1. The summed E-state index contributed by atoms with van der Waals surface area (Å²) in [5.41, 5.74) is -0.220. The molecule has 5 nitrogen and oxygen atoms in total. The summed E-state index contributed by atoms with van der Waals surface area (Å²) in [4.78, 5) is 3.30. The van der Waals surface area contributed by atoms with Crippen LogP contribution in [0.15, 0.2) is 33.3 Å². The van der Waals surface area contributed by atoms with Crippen LogP contribution in [0.4, 0.5) is 13.2 Å². The minimum absolute atomic E-state index is 0.217. The molecule has 0 radical (unpaired) electrons. The molecule has 130 valence electrons. The highest BCUT2D eigenvalue weighted by Gasteiger charge is 2.32. The molecule has 0 aliphatic heterocycles. The summed E-state index contributed by atoms with van der Waals surface area (Å²) in [6.45, 7) is 6.94. The molecule has 0 spiro atoms. The molecule has 0 aliphatic rings. The van der Waals surface area contributed by atoms with Gasteiger partial charge in [0.05, 0.1) is 10.5 Å². The van der Waals surface area contributed by atoms with Crippen molar-refractivity contribution in [2.75, 3.05) is 0 Å². The van der Waals surface area contributed by atoms with E-state index in [2.05, 4.69) is 14.5 Å². The zero-order chi connectivity index (χ0) is 18.1. The van der Waals surface area contributed by atoms with Crippen molar-refractivity contribution in [3.8, 4) is 11.3 Å². The number of aromatic nitrogens is 2. The molecule has 0 saturated heterocycles. The Hall–Kier alpha value is -2.03. The fourth-order valence-electron chi connectivity index (χ4n) is 1.63. The van der Waals surface area contributed by atoms with Gasteiger partial charge in [0, 0.05) is 17.8 Å². The molecule has 2 rings (SSSR count). The van der Waals surface area contributed by atoms with Crippen molar-refractivity contribution in [2.45, 2.75) is 38.6 Å². The zero-order valence-electron chi connectivity index (χ0n) is 13.5. The van der Waals surface area contributed by atoms with E-state index in [-0.39, 0.29) is 17.0 Å². The molecule has 0 saturated carbocycles. The van der Waals surface area contributed by atoms with Crippen LogP contribution in [-0.2, 0) is 17.2 Å². The van der Waals surface area contributed by atoms with Gasteiger partial charge in [0.15, 0.2) is 5.76 Å². The Balaban J connectivity index is 2.32. The Morgan fingerprint density at radius 2 is 1.92 bits per heavy atom. The molecule has 0 fully saturated rings. The van der Waals surface area contributed by atoms with E-state index in [1.54, 1.807) is 27.7 Å². The number of rotatable bonds is 3. The molecule has 2 aromatic heterocycles. The van der Waals surface area contributed by atoms with E-state index in [0.29, 0.717) is 5.71 Å². The van der Waals surface area contributed by atoms with Crippen molar-refractivity contribution in [3.63, 3.8) is 0 Å². The molecule has 2 heterocycles. The molecule has 0 aromatic carbocycles. The van der Waals surface area contributed by atoms with Gasteiger partial charge in [0.2, 0.25) is 0 Å². The van der Waals surface area contributed by atoms with E-state index in [4.69, 9.17) is 4.52 Å². The first-order valence-corrected chi connectivity index (χ1v) is 8.07. The first-order valence-electron chi connectivity index (χ1n) is 6.96. The van der Waals surface area contributed by atoms with E-state index in [1.807, 2.05) is 0 Å². The number of pyridine rings is 1. The minimum Gasteiger partial charge on any atom is -0.354 e. The molecule has 0 amide bonds. The van der Waals surface area contributed by atoms with Crippen LogP contribution in [-0.4, -0.2) is 24.8 Å². The van der Waals surface area contributed by atoms with Crippen LogP contribution in [0.1, 0.15) is 39.1 Å². The summed E-state index contributed by atoms with van der Waals surface area (Å²) in [7, 11) is -1.48. The molecular weight excluding hydrogens is 343 g/mol. The van der Waals surface area contributed by atoms with Gasteiger partial charge in [-0.05, 0) is 39.8 Å². The van der Waals surface area contributed by atoms with Gasteiger partial charge in [-0.3, -0.25) is 4.98 Å². The number of hydrogen-bond donors (Lipinski definition) is 0. The quantitative estimate of drug-likeness (QED) is 0.776. The number of halogens is 3. The average Bonchev–Trinajstić information content (AvgIpc) is 2.95. The molecule has 1 atom stereocenters. The Labute approximate surface area is 139 Å². The Morgan fingerprint density at radius 3 is 2.50 bits per heavy atom. The predicted octanol–water partition coefficient (Wildman–Crippen LogP) is 4.03. The summed E-state index contributed by atoms with van der Waals surface area (Å²) in [5.74, 6) is 0.243. The number of nitrogens with zero attached hydrogens (tertiary/aromatic N) is 3. The fraction of sp³-hybridized carbons (Fsp3) is 0.400. The Kier molecular flexibility index (Phi) is 4.93. The normalized spacial score (nSPS) is 14.7. The van der Waals surface area contributed by atoms with E-state index in [0.717, 1.165) is 12.3 Å². The molecule has 2 aromatic rings. The summed E-state index contributed by atoms with van der Waals surface area (Å²) >= 11 is 0. The molecule has 0 unspecified atom stereocenters. The average molecular weight is 359 g/mol. The van der Waals surface area contributed by atoms with Gasteiger partial charge in [0.1, 0.15) is 22.4 Å². The van der Waals surface area contributed by atoms with Gasteiger partial charge < -0.3 is 4.52 Å². The first kappa shape index (κ1) is 18.3. The second kappa shape index (κ2) is 6.46. The van der Waals surface area contributed by atoms with Gasteiger partial charge in [0.25, 0.3) is 0 Å².